The number of rotatable bonds is 6. The lowest BCUT2D eigenvalue weighted by Gasteiger charge is -2.41. The van der Waals surface area contributed by atoms with Crippen LogP contribution in [0.3, 0.4) is 0 Å². The summed E-state index contributed by atoms with van der Waals surface area (Å²) in [6.07, 6.45) is 0. The lowest BCUT2D eigenvalue weighted by atomic mass is 9.98. The fraction of sp³-hybridized carbons (Fsp3) is 0. The first kappa shape index (κ1) is 42.8. The van der Waals surface area contributed by atoms with Crippen LogP contribution in [0.1, 0.15) is 0 Å². The maximum atomic E-state index is 2.53. The molecule has 0 atom stereocenters. The molecule has 1 aliphatic rings. The summed E-state index contributed by atoms with van der Waals surface area (Å²) in [4.78, 5) is 5.07. The maximum Gasteiger partial charge on any atom is 0.0804 e. The number of nitrogens with zero attached hydrogens (tertiary/aromatic N) is 6. The van der Waals surface area contributed by atoms with Gasteiger partial charge in [0.2, 0.25) is 0 Å². The zero-order chi connectivity index (χ0) is 51.0. The molecule has 6 nitrogen and oxygen atoms in total. The predicted molar refractivity (Wildman–Crippen MR) is 327 cm³/mol. The van der Waals surface area contributed by atoms with Crippen LogP contribution < -0.4 is 9.80 Å². The molecule has 0 radical (unpaired) electrons. The van der Waals surface area contributed by atoms with E-state index in [9.17, 15) is 0 Å². The summed E-state index contributed by atoms with van der Waals surface area (Å²) in [7, 11) is 0. The Kier molecular flexibility index (Phi) is 9.03. The average Bonchev–Trinajstić information content (AvgIpc) is 4.40. The van der Waals surface area contributed by atoms with Gasteiger partial charge in [-0.15, -0.1) is 0 Å². The van der Waals surface area contributed by atoms with Gasteiger partial charge in [-0.2, -0.15) is 0 Å². The van der Waals surface area contributed by atoms with Crippen LogP contribution in [0.25, 0.3) is 110 Å². The van der Waals surface area contributed by atoms with Crippen molar-refractivity contribution in [3.8, 4) is 22.7 Å². The van der Waals surface area contributed by atoms with E-state index in [0.717, 1.165) is 78.9 Å². The van der Waals surface area contributed by atoms with Crippen LogP contribution in [0.4, 0.5) is 34.1 Å². The minimum atomic E-state index is 1.09. The van der Waals surface area contributed by atoms with E-state index in [-0.39, 0.29) is 0 Å². The molecule has 78 heavy (non-hydrogen) atoms. The third-order valence-electron chi connectivity index (χ3n) is 16.4. The Balaban J connectivity index is 0.930. The summed E-state index contributed by atoms with van der Waals surface area (Å²) in [5.41, 5.74) is 20.4. The van der Waals surface area contributed by atoms with Gasteiger partial charge in [0.15, 0.2) is 0 Å². The second-order valence-electron chi connectivity index (χ2n) is 20.5. The molecule has 0 spiro atoms. The normalized spacial score (nSPS) is 12.6. The van der Waals surface area contributed by atoms with Crippen molar-refractivity contribution in [2.75, 3.05) is 9.80 Å². The Morgan fingerprint density at radius 1 is 0.179 bits per heavy atom. The van der Waals surface area contributed by atoms with Crippen LogP contribution in [0.15, 0.2) is 279 Å². The zero-order valence-electron chi connectivity index (χ0n) is 42.2. The van der Waals surface area contributed by atoms with E-state index in [1.807, 2.05) is 0 Å². The SMILES string of the molecule is c1ccc(N2c3ccc4c(c3N(c3ccccc3)c3ccc5c(c32)c2ccccc2n5-c2cccc(-n3c5ccccc5c5ccccc53)c2)c2ccccc2n4-c2cccc(-n3c4ccccc4c4ccccc43)c2)cc1. The average molecular weight is 995 g/mol. The highest BCUT2D eigenvalue weighted by molar-refractivity contribution is 6.27. The van der Waals surface area contributed by atoms with Gasteiger partial charge in [-0.1, -0.05) is 158 Å². The maximum absolute atomic E-state index is 2.53. The molecule has 0 unspecified atom stereocenters. The van der Waals surface area contributed by atoms with Gasteiger partial charge < -0.3 is 28.1 Å². The smallest absolute Gasteiger partial charge is 0.0804 e. The molecule has 16 aromatic rings. The van der Waals surface area contributed by atoms with Gasteiger partial charge in [-0.3, -0.25) is 0 Å². The Morgan fingerprint density at radius 2 is 0.436 bits per heavy atom. The molecule has 0 saturated carbocycles. The zero-order valence-corrected chi connectivity index (χ0v) is 42.2. The molecule has 0 bridgehead atoms. The molecule has 4 aromatic heterocycles. The van der Waals surface area contributed by atoms with E-state index in [0.29, 0.717) is 0 Å². The number of aromatic nitrogens is 4. The van der Waals surface area contributed by atoms with Crippen LogP contribution in [-0.4, -0.2) is 18.3 Å². The Hall–Kier alpha value is -10.6. The van der Waals surface area contributed by atoms with Crippen molar-refractivity contribution in [2.45, 2.75) is 0 Å². The minimum absolute atomic E-state index is 1.09. The van der Waals surface area contributed by atoms with E-state index in [1.54, 1.807) is 0 Å². The van der Waals surface area contributed by atoms with E-state index in [2.05, 4.69) is 307 Å². The van der Waals surface area contributed by atoms with Crippen molar-refractivity contribution in [3.05, 3.63) is 279 Å². The first-order valence-corrected chi connectivity index (χ1v) is 26.8. The molecule has 0 aliphatic carbocycles. The number of benzene rings is 12. The van der Waals surface area contributed by atoms with E-state index in [1.165, 1.54) is 65.2 Å². The molecule has 1 aliphatic heterocycles. The summed E-state index contributed by atoms with van der Waals surface area (Å²) in [5.74, 6) is 0. The molecule has 5 heterocycles. The lowest BCUT2D eigenvalue weighted by Crippen LogP contribution is -2.24. The predicted octanol–water partition coefficient (Wildman–Crippen LogP) is 19.3. The highest BCUT2D eigenvalue weighted by atomic mass is 15.3. The van der Waals surface area contributed by atoms with Crippen molar-refractivity contribution >= 4 is 121 Å². The van der Waals surface area contributed by atoms with Crippen molar-refractivity contribution < 1.29 is 0 Å². The van der Waals surface area contributed by atoms with Gasteiger partial charge in [0.25, 0.3) is 0 Å². The van der Waals surface area contributed by atoms with Crippen LogP contribution in [0.2, 0.25) is 0 Å². The quantitative estimate of drug-likeness (QED) is 0.166. The van der Waals surface area contributed by atoms with E-state index in [4.69, 9.17) is 0 Å². The molecule has 0 saturated heterocycles. The van der Waals surface area contributed by atoms with Gasteiger partial charge in [-0.25, -0.2) is 0 Å². The van der Waals surface area contributed by atoms with Crippen molar-refractivity contribution in [3.63, 3.8) is 0 Å². The van der Waals surface area contributed by atoms with Gasteiger partial charge in [0.1, 0.15) is 0 Å². The molecule has 0 amide bonds. The monoisotopic (exact) mass is 994 g/mol. The molecule has 364 valence electrons. The highest BCUT2D eigenvalue weighted by Gasteiger charge is 2.36. The number of hydrogen-bond acceptors (Lipinski definition) is 2. The van der Waals surface area contributed by atoms with Crippen LogP contribution in [-0.2, 0) is 0 Å². The van der Waals surface area contributed by atoms with E-state index >= 15 is 0 Å². The third kappa shape index (κ3) is 5.96. The van der Waals surface area contributed by atoms with Crippen molar-refractivity contribution in [1.82, 2.24) is 18.3 Å². The summed E-state index contributed by atoms with van der Waals surface area (Å²) < 4.78 is 9.77. The number of anilines is 6. The fourth-order valence-electron chi connectivity index (χ4n) is 13.3. The summed E-state index contributed by atoms with van der Waals surface area (Å²) >= 11 is 0. The third-order valence-corrected chi connectivity index (χ3v) is 16.4. The van der Waals surface area contributed by atoms with Crippen LogP contribution >= 0.6 is 0 Å². The van der Waals surface area contributed by atoms with Gasteiger partial charge >= 0.3 is 0 Å². The summed E-state index contributed by atoms with van der Waals surface area (Å²) in [5, 5.41) is 9.73. The fourth-order valence-corrected chi connectivity index (χ4v) is 13.3. The first-order valence-electron chi connectivity index (χ1n) is 26.8. The summed E-state index contributed by atoms with van der Waals surface area (Å²) in [6, 6.07) is 102. The van der Waals surface area contributed by atoms with Crippen molar-refractivity contribution in [2.24, 2.45) is 0 Å². The Bertz CT molecular complexity index is 4680. The number of para-hydroxylation sites is 8. The second kappa shape index (κ2) is 16.5. The van der Waals surface area contributed by atoms with E-state index < -0.39 is 0 Å². The molecule has 17 rings (SSSR count). The van der Waals surface area contributed by atoms with Gasteiger partial charge in [0.05, 0.1) is 66.9 Å². The largest absolute Gasteiger partial charge is 0.309 e. The number of fused-ring (bicyclic) bond motifs is 16. The van der Waals surface area contributed by atoms with Gasteiger partial charge in [-0.05, 0) is 121 Å². The molecule has 0 fully saturated rings. The Morgan fingerprint density at radius 3 is 0.769 bits per heavy atom. The van der Waals surface area contributed by atoms with Crippen molar-refractivity contribution in [1.29, 1.82) is 0 Å². The minimum Gasteiger partial charge on any atom is -0.309 e. The molecule has 6 heteroatoms. The lowest BCUT2D eigenvalue weighted by molar-refractivity contribution is 1.13. The molecule has 12 aromatic carbocycles. The first-order chi connectivity index (χ1) is 38.8. The van der Waals surface area contributed by atoms with Crippen LogP contribution in [0.5, 0.6) is 0 Å². The molecule has 0 N–H and O–H groups in total. The summed E-state index contributed by atoms with van der Waals surface area (Å²) in [6.45, 7) is 0. The number of hydrogen-bond donors (Lipinski definition) is 0. The van der Waals surface area contributed by atoms with Crippen LogP contribution in [0, 0.1) is 0 Å². The topological polar surface area (TPSA) is 26.2 Å². The second-order valence-corrected chi connectivity index (χ2v) is 20.5. The molecular formula is C72H46N6. The highest BCUT2D eigenvalue weighted by Crippen LogP contribution is 2.60. The van der Waals surface area contributed by atoms with Gasteiger partial charge in [0, 0.05) is 77.2 Å². The Labute approximate surface area is 448 Å². The molecular weight excluding hydrogens is 949 g/mol. The standard InChI is InChI=1S/C72H46N6/c1-3-21-47(22-4-1)77-67-43-41-66-70(58-34-12-18-40-64(58)76(66)52-28-20-26-50(46-52)74-61-37-15-9-31-55(61)56-32-10-16-38-62(56)74)72(67)78(48-23-5-2-6-24-48)68-44-42-65-69(71(68)77)57-33-11-17-39-63(57)75(65)51-27-19-25-49(45-51)73-59-35-13-7-29-53(59)54-30-8-14-36-60(54)73/h1-46H.